The summed E-state index contributed by atoms with van der Waals surface area (Å²) in [5, 5.41) is 12.4. The summed E-state index contributed by atoms with van der Waals surface area (Å²) in [6.07, 6.45) is 1.76. The minimum absolute atomic E-state index is 0.114. The number of carbonyl (C=O) groups excluding carboxylic acids is 1. The maximum absolute atomic E-state index is 12.3. The van der Waals surface area contributed by atoms with Gasteiger partial charge in [0.2, 0.25) is 0 Å². The second kappa shape index (κ2) is 9.72. The van der Waals surface area contributed by atoms with Gasteiger partial charge in [-0.3, -0.25) is 4.79 Å². The molecule has 0 aliphatic carbocycles. The van der Waals surface area contributed by atoms with Crippen LogP contribution in [-0.4, -0.2) is 22.5 Å². The Morgan fingerprint density at radius 2 is 1.88 bits per heavy atom. The van der Waals surface area contributed by atoms with Gasteiger partial charge in [-0.2, -0.15) is 5.26 Å². The van der Waals surface area contributed by atoms with Gasteiger partial charge in [0.15, 0.2) is 6.61 Å². The van der Waals surface area contributed by atoms with Crippen LogP contribution in [0.3, 0.4) is 0 Å². The largest absolute Gasteiger partial charge is 0.484 e. The van der Waals surface area contributed by atoms with E-state index in [1.54, 1.807) is 18.2 Å². The second-order valence-corrected chi connectivity index (χ2v) is 8.45. The number of amides is 1. The van der Waals surface area contributed by atoms with Crippen molar-refractivity contribution in [2.24, 2.45) is 0 Å². The maximum Gasteiger partial charge on any atom is 0.262 e. The molecule has 0 radical (unpaired) electrons. The summed E-state index contributed by atoms with van der Waals surface area (Å²) >= 11 is 3.48. The van der Waals surface area contributed by atoms with Gasteiger partial charge in [-0.25, -0.2) is 4.98 Å². The van der Waals surface area contributed by atoms with E-state index < -0.39 is 0 Å². The Labute approximate surface area is 200 Å². The average Bonchev–Trinajstić information content (AvgIpc) is 3.24. The molecular formula is C26H21BrN4O2. The Morgan fingerprint density at radius 1 is 1.15 bits per heavy atom. The highest BCUT2D eigenvalue weighted by atomic mass is 79.9. The number of ether oxygens (including phenoxy) is 1. The van der Waals surface area contributed by atoms with Gasteiger partial charge in [-0.15, -0.1) is 0 Å². The van der Waals surface area contributed by atoms with Crippen LogP contribution in [0.2, 0.25) is 0 Å². The number of rotatable bonds is 6. The number of nitrogens with zero attached hydrogens (tertiary/aromatic N) is 2. The van der Waals surface area contributed by atoms with Crippen LogP contribution >= 0.6 is 15.9 Å². The van der Waals surface area contributed by atoms with Gasteiger partial charge in [0.25, 0.3) is 5.91 Å². The van der Waals surface area contributed by atoms with E-state index in [9.17, 15) is 10.1 Å². The third-order valence-corrected chi connectivity index (χ3v) is 5.84. The Balaban J connectivity index is 1.40. The highest BCUT2D eigenvalue weighted by molar-refractivity contribution is 9.10. The SMILES string of the molecule is Cc1cc(Br)c(NC(=O)COc2ccc(/C=C(\C#N)c3nc4ccccc4[nH]3)cc2)cc1C. The van der Waals surface area contributed by atoms with E-state index in [4.69, 9.17) is 4.74 Å². The van der Waals surface area contributed by atoms with Gasteiger partial charge in [0.1, 0.15) is 17.6 Å². The summed E-state index contributed by atoms with van der Waals surface area (Å²) in [6.45, 7) is 3.90. The van der Waals surface area contributed by atoms with E-state index >= 15 is 0 Å². The molecular weight excluding hydrogens is 480 g/mol. The molecule has 1 aromatic heterocycles. The fourth-order valence-electron chi connectivity index (χ4n) is 3.27. The Morgan fingerprint density at radius 3 is 2.61 bits per heavy atom. The average molecular weight is 501 g/mol. The van der Waals surface area contributed by atoms with E-state index in [1.807, 2.05) is 62.4 Å². The molecule has 1 heterocycles. The number of para-hydroxylation sites is 2. The second-order valence-electron chi connectivity index (χ2n) is 7.59. The summed E-state index contributed by atoms with van der Waals surface area (Å²) in [5.74, 6) is 0.830. The van der Waals surface area contributed by atoms with Crippen molar-refractivity contribution in [1.82, 2.24) is 9.97 Å². The van der Waals surface area contributed by atoms with E-state index in [1.165, 1.54) is 0 Å². The number of nitriles is 1. The predicted octanol–water partition coefficient (Wildman–Crippen LogP) is 6.02. The number of aromatic nitrogens is 2. The zero-order chi connectivity index (χ0) is 23.4. The number of imidazole rings is 1. The molecule has 6 nitrogen and oxygen atoms in total. The molecule has 0 spiro atoms. The van der Waals surface area contributed by atoms with E-state index in [0.717, 1.165) is 32.2 Å². The molecule has 0 fully saturated rings. The number of hydrogen-bond donors (Lipinski definition) is 2. The number of aryl methyl sites for hydroxylation is 2. The minimum atomic E-state index is -0.250. The van der Waals surface area contributed by atoms with Crippen LogP contribution < -0.4 is 10.1 Å². The molecule has 0 saturated carbocycles. The lowest BCUT2D eigenvalue weighted by atomic mass is 10.1. The van der Waals surface area contributed by atoms with Gasteiger partial charge in [-0.05, 0) is 88.9 Å². The fourth-order valence-corrected chi connectivity index (χ4v) is 3.83. The summed E-state index contributed by atoms with van der Waals surface area (Å²) in [6, 6.07) is 20.9. The van der Waals surface area contributed by atoms with Crippen LogP contribution in [0.25, 0.3) is 22.7 Å². The number of nitrogens with one attached hydrogen (secondary N) is 2. The zero-order valence-corrected chi connectivity index (χ0v) is 19.7. The molecule has 33 heavy (non-hydrogen) atoms. The molecule has 0 bridgehead atoms. The number of fused-ring (bicyclic) bond motifs is 1. The fraction of sp³-hybridized carbons (Fsp3) is 0.115. The normalized spacial score (nSPS) is 11.3. The predicted molar refractivity (Wildman–Crippen MR) is 134 cm³/mol. The molecule has 0 unspecified atom stereocenters. The Hall–Kier alpha value is -3.89. The lowest BCUT2D eigenvalue weighted by Crippen LogP contribution is -2.20. The highest BCUT2D eigenvalue weighted by Crippen LogP contribution is 2.26. The molecule has 0 saturated heterocycles. The van der Waals surface area contributed by atoms with Gasteiger partial charge < -0.3 is 15.0 Å². The Bertz CT molecular complexity index is 1370. The molecule has 4 rings (SSSR count). The highest BCUT2D eigenvalue weighted by Gasteiger charge is 2.10. The molecule has 0 aliphatic heterocycles. The first-order chi connectivity index (χ1) is 15.9. The molecule has 0 atom stereocenters. The third-order valence-electron chi connectivity index (χ3n) is 5.18. The molecule has 164 valence electrons. The van der Waals surface area contributed by atoms with Crippen LogP contribution in [0.15, 0.2) is 65.1 Å². The summed E-state index contributed by atoms with van der Waals surface area (Å²) in [4.78, 5) is 19.9. The summed E-state index contributed by atoms with van der Waals surface area (Å²) in [5.41, 5.74) is 5.89. The number of hydrogen-bond acceptors (Lipinski definition) is 4. The lowest BCUT2D eigenvalue weighted by molar-refractivity contribution is -0.118. The Kier molecular flexibility index (Phi) is 6.57. The minimum Gasteiger partial charge on any atom is -0.484 e. The van der Waals surface area contributed by atoms with E-state index in [-0.39, 0.29) is 12.5 Å². The quantitative estimate of drug-likeness (QED) is 0.316. The molecule has 3 aromatic carbocycles. The van der Waals surface area contributed by atoms with Crippen molar-refractivity contribution in [2.75, 3.05) is 11.9 Å². The van der Waals surface area contributed by atoms with Crippen LogP contribution in [0.5, 0.6) is 5.75 Å². The van der Waals surface area contributed by atoms with E-state index in [2.05, 4.69) is 37.3 Å². The molecule has 2 N–H and O–H groups in total. The van der Waals surface area contributed by atoms with Crippen LogP contribution in [0.4, 0.5) is 5.69 Å². The first-order valence-corrected chi connectivity index (χ1v) is 11.1. The number of halogens is 1. The van der Waals surface area contributed by atoms with Crippen molar-refractivity contribution < 1.29 is 9.53 Å². The molecule has 0 aliphatic rings. The van der Waals surface area contributed by atoms with Crippen LogP contribution in [-0.2, 0) is 4.79 Å². The number of carbonyl (C=O) groups is 1. The van der Waals surface area contributed by atoms with Crippen molar-refractivity contribution in [3.05, 3.63) is 87.7 Å². The van der Waals surface area contributed by atoms with Crippen LogP contribution in [0.1, 0.15) is 22.5 Å². The number of allylic oxidation sites excluding steroid dienone is 1. The first kappa shape index (κ1) is 22.3. The van der Waals surface area contributed by atoms with Crippen molar-refractivity contribution in [3.63, 3.8) is 0 Å². The molecule has 1 amide bonds. The number of aromatic amines is 1. The van der Waals surface area contributed by atoms with Crippen LogP contribution in [0, 0.1) is 25.2 Å². The number of benzene rings is 3. The molecule has 7 heteroatoms. The van der Waals surface area contributed by atoms with Crippen molar-refractivity contribution >= 4 is 50.2 Å². The van der Waals surface area contributed by atoms with Crippen molar-refractivity contribution in [2.45, 2.75) is 13.8 Å². The van der Waals surface area contributed by atoms with Gasteiger partial charge in [0.05, 0.1) is 22.3 Å². The van der Waals surface area contributed by atoms with Gasteiger partial charge in [0, 0.05) is 4.47 Å². The topological polar surface area (TPSA) is 90.8 Å². The summed E-state index contributed by atoms with van der Waals surface area (Å²) < 4.78 is 6.44. The lowest BCUT2D eigenvalue weighted by Gasteiger charge is -2.11. The van der Waals surface area contributed by atoms with E-state index in [0.29, 0.717) is 22.8 Å². The van der Waals surface area contributed by atoms with Crippen molar-refractivity contribution in [1.29, 1.82) is 5.26 Å². The maximum atomic E-state index is 12.3. The summed E-state index contributed by atoms with van der Waals surface area (Å²) in [7, 11) is 0. The molecule has 4 aromatic rings. The number of H-pyrrole nitrogens is 1. The van der Waals surface area contributed by atoms with Gasteiger partial charge in [-0.1, -0.05) is 24.3 Å². The third kappa shape index (κ3) is 5.30. The monoisotopic (exact) mass is 500 g/mol. The first-order valence-electron chi connectivity index (χ1n) is 10.3. The standard InChI is InChI=1S/C26H21BrN4O2/c1-16-11-21(27)24(12-17(16)2)29-25(32)15-33-20-9-7-18(8-10-20)13-19(14-28)26-30-22-5-3-4-6-23(22)31-26/h3-13H,15H2,1-2H3,(H,29,32)(H,30,31)/b19-13+. The smallest absolute Gasteiger partial charge is 0.262 e. The van der Waals surface area contributed by atoms with Crippen molar-refractivity contribution in [3.8, 4) is 11.8 Å². The zero-order valence-electron chi connectivity index (χ0n) is 18.1. The number of anilines is 1. The van der Waals surface area contributed by atoms with Gasteiger partial charge >= 0.3 is 0 Å².